The van der Waals surface area contributed by atoms with Gasteiger partial charge in [0.25, 0.3) is 0 Å². The van der Waals surface area contributed by atoms with Crippen LogP contribution in [0.3, 0.4) is 0 Å². The number of carbonyl (C=O) groups excluding carboxylic acids is 1. The fourth-order valence-electron chi connectivity index (χ4n) is 2.13. The van der Waals surface area contributed by atoms with Crippen LogP contribution in [0.1, 0.15) is 40.0 Å². The summed E-state index contributed by atoms with van der Waals surface area (Å²) in [7, 11) is 0. The first-order valence-corrected chi connectivity index (χ1v) is 5.94. The van der Waals surface area contributed by atoms with E-state index in [-0.39, 0.29) is 18.9 Å². The van der Waals surface area contributed by atoms with Gasteiger partial charge in [-0.2, -0.15) is 0 Å². The first-order chi connectivity index (χ1) is 7.64. The molecule has 5 heteroatoms. The number of amides is 1. The van der Waals surface area contributed by atoms with Gasteiger partial charge in [-0.25, -0.2) is 0 Å². The first kappa shape index (κ1) is 14.0. The molecule has 17 heavy (non-hydrogen) atoms. The van der Waals surface area contributed by atoms with Gasteiger partial charge in [0, 0.05) is 25.0 Å². The average Bonchev–Trinajstić information content (AvgIpc) is 2.15. The van der Waals surface area contributed by atoms with E-state index in [0.29, 0.717) is 13.0 Å². The molecule has 1 saturated heterocycles. The van der Waals surface area contributed by atoms with Crippen LogP contribution in [0, 0.1) is 5.41 Å². The quantitative estimate of drug-likeness (QED) is 0.767. The van der Waals surface area contributed by atoms with Crippen molar-refractivity contribution in [3.8, 4) is 0 Å². The van der Waals surface area contributed by atoms with Gasteiger partial charge in [0.05, 0.1) is 5.41 Å². The molecule has 1 atom stereocenters. The third kappa shape index (κ3) is 3.70. The molecule has 1 amide bonds. The Kier molecular flexibility index (Phi) is 3.81. The third-order valence-corrected chi connectivity index (χ3v) is 3.17. The van der Waals surface area contributed by atoms with Crippen LogP contribution in [0.4, 0.5) is 0 Å². The topological polar surface area (TPSA) is 83.6 Å². The van der Waals surface area contributed by atoms with E-state index in [1.807, 2.05) is 0 Å². The second-order valence-corrected chi connectivity index (χ2v) is 5.95. The molecule has 0 spiro atoms. The van der Waals surface area contributed by atoms with Crippen LogP contribution >= 0.6 is 0 Å². The summed E-state index contributed by atoms with van der Waals surface area (Å²) in [5.74, 6) is -0.883. The van der Waals surface area contributed by atoms with Gasteiger partial charge >= 0.3 is 5.97 Å². The number of hydrogen-bond donors (Lipinski definition) is 2. The highest BCUT2D eigenvalue weighted by Gasteiger charge is 2.39. The Bertz CT molecular complexity index is 322. The van der Waals surface area contributed by atoms with E-state index in [1.165, 1.54) is 0 Å². The number of carbonyl (C=O) groups is 2. The highest BCUT2D eigenvalue weighted by atomic mass is 16.4. The third-order valence-electron chi connectivity index (χ3n) is 3.17. The first-order valence-electron chi connectivity index (χ1n) is 5.94. The summed E-state index contributed by atoms with van der Waals surface area (Å²) in [6.07, 6.45) is 1.61. The van der Waals surface area contributed by atoms with Crippen LogP contribution in [0.5, 0.6) is 0 Å². The summed E-state index contributed by atoms with van der Waals surface area (Å²) in [6.45, 7) is 6.22. The van der Waals surface area contributed by atoms with Crippen molar-refractivity contribution in [3.63, 3.8) is 0 Å². The van der Waals surface area contributed by atoms with Gasteiger partial charge in [-0.15, -0.1) is 0 Å². The Labute approximate surface area is 102 Å². The van der Waals surface area contributed by atoms with Crippen molar-refractivity contribution < 1.29 is 14.7 Å². The Morgan fingerprint density at radius 1 is 1.47 bits per heavy atom. The molecule has 1 aliphatic heterocycles. The maximum absolute atomic E-state index is 12.0. The summed E-state index contributed by atoms with van der Waals surface area (Å²) in [5.41, 5.74) is 4.45. The lowest BCUT2D eigenvalue weighted by molar-refractivity contribution is -0.153. The largest absolute Gasteiger partial charge is 0.481 e. The van der Waals surface area contributed by atoms with E-state index >= 15 is 0 Å². The second-order valence-electron chi connectivity index (χ2n) is 5.95. The average molecular weight is 242 g/mol. The fourth-order valence-corrected chi connectivity index (χ4v) is 2.13. The maximum atomic E-state index is 12.0. The standard InChI is InChI=1S/C12H22N2O3/c1-11(2,13)7-9(15)14-6-4-5-12(3,8-14)10(16)17/h4-8,13H2,1-3H3,(H,16,17). The number of nitrogens with two attached hydrogens (primary N) is 1. The summed E-state index contributed by atoms with van der Waals surface area (Å²) in [4.78, 5) is 24.8. The van der Waals surface area contributed by atoms with Gasteiger partial charge in [-0.1, -0.05) is 0 Å². The molecule has 1 aliphatic rings. The monoisotopic (exact) mass is 242 g/mol. The number of carboxylic acid groups (broad SMARTS) is 1. The van der Waals surface area contributed by atoms with Crippen LogP contribution in [-0.2, 0) is 9.59 Å². The normalized spacial score (nSPS) is 25.8. The number of hydrogen-bond acceptors (Lipinski definition) is 3. The van der Waals surface area contributed by atoms with Crippen LogP contribution in [-0.4, -0.2) is 40.5 Å². The second kappa shape index (κ2) is 4.64. The summed E-state index contributed by atoms with van der Waals surface area (Å²) in [5, 5.41) is 9.17. The molecule has 3 N–H and O–H groups in total. The van der Waals surface area contributed by atoms with E-state index in [9.17, 15) is 9.59 Å². The smallest absolute Gasteiger partial charge is 0.311 e. The number of likely N-dealkylation sites (tertiary alicyclic amines) is 1. The van der Waals surface area contributed by atoms with Crippen molar-refractivity contribution in [2.45, 2.75) is 45.6 Å². The minimum Gasteiger partial charge on any atom is -0.481 e. The zero-order chi connectivity index (χ0) is 13.3. The number of piperidine rings is 1. The van der Waals surface area contributed by atoms with Gasteiger partial charge in [-0.3, -0.25) is 9.59 Å². The summed E-state index contributed by atoms with van der Waals surface area (Å²) in [6, 6.07) is 0. The number of rotatable bonds is 3. The Morgan fingerprint density at radius 2 is 2.06 bits per heavy atom. The van der Waals surface area contributed by atoms with Crippen molar-refractivity contribution in [2.24, 2.45) is 11.1 Å². The van der Waals surface area contributed by atoms with Crippen molar-refractivity contribution in [1.29, 1.82) is 0 Å². The molecule has 98 valence electrons. The maximum Gasteiger partial charge on any atom is 0.311 e. The van der Waals surface area contributed by atoms with E-state index in [1.54, 1.807) is 25.7 Å². The minimum absolute atomic E-state index is 0.0512. The minimum atomic E-state index is -0.831. The summed E-state index contributed by atoms with van der Waals surface area (Å²) >= 11 is 0. The van der Waals surface area contributed by atoms with Crippen LogP contribution < -0.4 is 5.73 Å². The summed E-state index contributed by atoms with van der Waals surface area (Å²) < 4.78 is 0. The predicted octanol–water partition coefficient (Wildman–Crippen LogP) is 0.827. The van der Waals surface area contributed by atoms with E-state index < -0.39 is 16.9 Å². The predicted molar refractivity (Wildman–Crippen MR) is 64.4 cm³/mol. The zero-order valence-corrected chi connectivity index (χ0v) is 10.8. The Hall–Kier alpha value is -1.10. The van der Waals surface area contributed by atoms with Gasteiger partial charge in [0.1, 0.15) is 0 Å². The molecule has 1 rings (SSSR count). The van der Waals surface area contributed by atoms with Crippen molar-refractivity contribution in [2.75, 3.05) is 13.1 Å². The Morgan fingerprint density at radius 3 is 2.53 bits per heavy atom. The lowest BCUT2D eigenvalue weighted by Crippen LogP contribution is -2.50. The molecule has 5 nitrogen and oxygen atoms in total. The molecule has 0 aromatic rings. The Balaban J connectivity index is 2.67. The van der Waals surface area contributed by atoms with Crippen molar-refractivity contribution in [3.05, 3.63) is 0 Å². The van der Waals surface area contributed by atoms with Crippen LogP contribution in [0.25, 0.3) is 0 Å². The molecule has 1 fully saturated rings. The molecule has 0 aromatic heterocycles. The SMILES string of the molecule is CC(C)(N)CC(=O)N1CCCC(C)(C(=O)O)C1. The lowest BCUT2D eigenvalue weighted by atomic mass is 9.81. The molecule has 1 heterocycles. The number of nitrogens with zero attached hydrogens (tertiary/aromatic N) is 1. The highest BCUT2D eigenvalue weighted by molar-refractivity contribution is 5.80. The zero-order valence-electron chi connectivity index (χ0n) is 10.8. The number of aliphatic carboxylic acids is 1. The number of carboxylic acids is 1. The van der Waals surface area contributed by atoms with E-state index in [4.69, 9.17) is 10.8 Å². The molecule has 0 aromatic carbocycles. The van der Waals surface area contributed by atoms with Gasteiger partial charge < -0.3 is 15.7 Å². The van der Waals surface area contributed by atoms with Gasteiger partial charge in [-0.05, 0) is 33.6 Å². The lowest BCUT2D eigenvalue weighted by Gasteiger charge is -2.38. The van der Waals surface area contributed by atoms with Gasteiger partial charge in [0.15, 0.2) is 0 Å². The molecular weight excluding hydrogens is 220 g/mol. The van der Waals surface area contributed by atoms with E-state index in [0.717, 1.165) is 6.42 Å². The molecule has 0 aliphatic carbocycles. The fraction of sp³-hybridized carbons (Fsp3) is 0.833. The molecule has 0 bridgehead atoms. The van der Waals surface area contributed by atoms with Crippen LogP contribution in [0.2, 0.25) is 0 Å². The van der Waals surface area contributed by atoms with Crippen molar-refractivity contribution >= 4 is 11.9 Å². The molecular formula is C12H22N2O3. The van der Waals surface area contributed by atoms with Crippen LogP contribution in [0.15, 0.2) is 0 Å². The van der Waals surface area contributed by atoms with Crippen molar-refractivity contribution in [1.82, 2.24) is 4.90 Å². The highest BCUT2D eigenvalue weighted by Crippen LogP contribution is 2.30. The van der Waals surface area contributed by atoms with Gasteiger partial charge in [0.2, 0.25) is 5.91 Å². The molecule has 0 radical (unpaired) electrons. The molecule has 0 saturated carbocycles. The molecule has 1 unspecified atom stereocenters. The van der Waals surface area contributed by atoms with E-state index in [2.05, 4.69) is 0 Å².